The molecule has 8 nitrogen and oxygen atoms in total. The van der Waals surface area contributed by atoms with Gasteiger partial charge in [0.1, 0.15) is 11.0 Å². The minimum absolute atomic E-state index is 0.146. The van der Waals surface area contributed by atoms with Gasteiger partial charge in [-0.15, -0.1) is 5.92 Å². The lowest BCUT2D eigenvalue weighted by Gasteiger charge is -2.28. The van der Waals surface area contributed by atoms with Crippen molar-refractivity contribution in [2.45, 2.75) is 20.0 Å². The van der Waals surface area contributed by atoms with Crippen LogP contribution in [0.4, 0.5) is 11.6 Å². The first-order valence-electron chi connectivity index (χ1n) is 9.79. The van der Waals surface area contributed by atoms with Gasteiger partial charge >= 0.3 is 0 Å². The number of nitrogens with one attached hydrogen (secondary N) is 2. The SMILES string of the molecule is CC#CCn1c(N2CCNCC2)nc2cnn(Cc3ccc(NC)cc3)c(=O)c21. The van der Waals surface area contributed by atoms with Crippen molar-refractivity contribution >= 4 is 22.7 Å². The van der Waals surface area contributed by atoms with Gasteiger partial charge in [-0.05, 0) is 24.6 Å². The van der Waals surface area contributed by atoms with Crippen LogP contribution in [-0.2, 0) is 13.1 Å². The molecule has 0 amide bonds. The van der Waals surface area contributed by atoms with Gasteiger partial charge in [-0.25, -0.2) is 9.67 Å². The smallest absolute Gasteiger partial charge is 0.293 e. The maximum atomic E-state index is 13.3. The van der Waals surface area contributed by atoms with Crippen LogP contribution in [0.1, 0.15) is 12.5 Å². The zero-order valence-corrected chi connectivity index (χ0v) is 16.8. The van der Waals surface area contributed by atoms with Gasteiger partial charge < -0.3 is 15.5 Å². The minimum Gasteiger partial charge on any atom is -0.388 e. The molecule has 0 spiro atoms. The van der Waals surface area contributed by atoms with Gasteiger partial charge in [0, 0.05) is 38.9 Å². The first-order chi connectivity index (χ1) is 14.2. The largest absolute Gasteiger partial charge is 0.388 e. The molecule has 2 aromatic heterocycles. The zero-order valence-electron chi connectivity index (χ0n) is 16.8. The highest BCUT2D eigenvalue weighted by Crippen LogP contribution is 2.20. The molecule has 0 aliphatic carbocycles. The number of anilines is 2. The van der Waals surface area contributed by atoms with E-state index in [1.807, 2.05) is 35.9 Å². The molecule has 2 N–H and O–H groups in total. The molecule has 0 atom stereocenters. The number of hydrogen-bond acceptors (Lipinski definition) is 6. The van der Waals surface area contributed by atoms with Crippen LogP contribution in [0, 0.1) is 11.8 Å². The molecule has 1 aromatic carbocycles. The standard InChI is InChI=1S/C21H25N7O/c1-3-4-11-27-19-18(25-21(27)26-12-9-23-10-13-26)14-24-28(20(19)29)15-16-5-7-17(22-2)8-6-16/h5-8,14,22-23H,9-13,15H2,1-2H3. The highest BCUT2D eigenvalue weighted by Gasteiger charge is 2.21. The molecule has 0 unspecified atom stereocenters. The third kappa shape index (κ3) is 3.82. The fourth-order valence-electron chi connectivity index (χ4n) is 3.55. The summed E-state index contributed by atoms with van der Waals surface area (Å²) in [6.07, 6.45) is 1.68. The van der Waals surface area contributed by atoms with Gasteiger partial charge in [0.05, 0.1) is 19.3 Å². The molecule has 0 radical (unpaired) electrons. The van der Waals surface area contributed by atoms with Crippen molar-refractivity contribution in [3.05, 3.63) is 46.4 Å². The highest BCUT2D eigenvalue weighted by molar-refractivity contribution is 5.77. The van der Waals surface area contributed by atoms with Crippen molar-refractivity contribution in [3.63, 3.8) is 0 Å². The Morgan fingerprint density at radius 3 is 2.66 bits per heavy atom. The van der Waals surface area contributed by atoms with Crippen LogP contribution in [-0.4, -0.2) is 52.6 Å². The van der Waals surface area contributed by atoms with Crippen LogP contribution in [0.25, 0.3) is 11.0 Å². The van der Waals surface area contributed by atoms with Crippen LogP contribution in [0.2, 0.25) is 0 Å². The number of piperazine rings is 1. The van der Waals surface area contributed by atoms with Crippen molar-refractivity contribution in [2.75, 3.05) is 43.4 Å². The maximum absolute atomic E-state index is 13.3. The summed E-state index contributed by atoms with van der Waals surface area (Å²) in [6, 6.07) is 7.97. The van der Waals surface area contributed by atoms with E-state index in [0.29, 0.717) is 24.1 Å². The van der Waals surface area contributed by atoms with Crippen LogP contribution in [0.15, 0.2) is 35.3 Å². The second kappa shape index (κ2) is 8.37. The molecule has 8 heteroatoms. The second-order valence-electron chi connectivity index (χ2n) is 6.95. The molecule has 1 aliphatic rings. The average molecular weight is 391 g/mol. The van der Waals surface area contributed by atoms with E-state index in [1.165, 1.54) is 4.68 Å². The number of benzene rings is 1. The molecule has 1 fully saturated rings. The summed E-state index contributed by atoms with van der Waals surface area (Å²) in [5.74, 6) is 6.80. The Kier molecular flexibility index (Phi) is 5.49. The Balaban J connectivity index is 1.76. The van der Waals surface area contributed by atoms with Gasteiger partial charge in [-0.2, -0.15) is 5.10 Å². The lowest BCUT2D eigenvalue weighted by molar-refractivity contribution is 0.572. The van der Waals surface area contributed by atoms with E-state index < -0.39 is 0 Å². The van der Waals surface area contributed by atoms with E-state index in [0.717, 1.165) is 43.4 Å². The first kappa shape index (κ1) is 19.0. The predicted molar refractivity (Wildman–Crippen MR) is 115 cm³/mol. The normalized spacial score (nSPS) is 13.9. The van der Waals surface area contributed by atoms with E-state index in [4.69, 9.17) is 4.98 Å². The fraction of sp³-hybridized carbons (Fsp3) is 0.381. The summed E-state index contributed by atoms with van der Waals surface area (Å²) in [7, 11) is 1.88. The Labute approximate surface area is 169 Å². The molecule has 4 rings (SSSR count). The molecule has 29 heavy (non-hydrogen) atoms. The topological polar surface area (TPSA) is 80.0 Å². The quantitative estimate of drug-likeness (QED) is 0.635. The van der Waals surface area contributed by atoms with Gasteiger partial charge in [0.15, 0.2) is 0 Å². The molecule has 1 aliphatic heterocycles. The molecule has 1 saturated heterocycles. The van der Waals surface area contributed by atoms with Crippen LogP contribution in [0.3, 0.4) is 0 Å². The Morgan fingerprint density at radius 2 is 1.97 bits per heavy atom. The van der Waals surface area contributed by atoms with Crippen LogP contribution >= 0.6 is 0 Å². The van der Waals surface area contributed by atoms with Crippen molar-refractivity contribution in [3.8, 4) is 11.8 Å². The number of fused-ring (bicyclic) bond motifs is 1. The van der Waals surface area contributed by atoms with E-state index in [-0.39, 0.29) is 5.56 Å². The Bertz CT molecular complexity index is 1110. The second-order valence-corrected chi connectivity index (χ2v) is 6.95. The molecule has 150 valence electrons. The fourth-order valence-corrected chi connectivity index (χ4v) is 3.55. The number of nitrogens with zero attached hydrogens (tertiary/aromatic N) is 5. The Hall–Kier alpha value is -3.31. The molecule has 3 heterocycles. The van der Waals surface area contributed by atoms with E-state index in [9.17, 15) is 4.79 Å². The van der Waals surface area contributed by atoms with Crippen LogP contribution in [0.5, 0.6) is 0 Å². The number of aromatic nitrogens is 4. The van der Waals surface area contributed by atoms with Gasteiger partial charge in [-0.1, -0.05) is 18.1 Å². The zero-order chi connectivity index (χ0) is 20.2. The predicted octanol–water partition coefficient (Wildman–Crippen LogP) is 1.12. The van der Waals surface area contributed by atoms with Gasteiger partial charge in [0.25, 0.3) is 5.56 Å². The highest BCUT2D eigenvalue weighted by atomic mass is 16.1. The number of rotatable bonds is 5. The molecule has 3 aromatic rings. The summed E-state index contributed by atoms with van der Waals surface area (Å²) in [5, 5.41) is 10.8. The van der Waals surface area contributed by atoms with Crippen molar-refractivity contribution in [1.29, 1.82) is 0 Å². The van der Waals surface area contributed by atoms with Gasteiger partial charge in [0.2, 0.25) is 5.95 Å². The molecule has 0 saturated carbocycles. The summed E-state index contributed by atoms with van der Waals surface area (Å²) < 4.78 is 3.43. The third-order valence-corrected chi connectivity index (χ3v) is 5.12. The van der Waals surface area contributed by atoms with Crippen molar-refractivity contribution < 1.29 is 0 Å². The summed E-state index contributed by atoms with van der Waals surface area (Å²) in [4.78, 5) is 20.2. The molecular weight excluding hydrogens is 366 g/mol. The van der Waals surface area contributed by atoms with E-state index >= 15 is 0 Å². The van der Waals surface area contributed by atoms with Crippen molar-refractivity contribution in [1.82, 2.24) is 24.6 Å². The lowest BCUT2D eigenvalue weighted by Crippen LogP contribution is -2.44. The molecular formula is C21H25N7O. The van der Waals surface area contributed by atoms with Gasteiger partial charge in [-0.3, -0.25) is 9.36 Å². The van der Waals surface area contributed by atoms with E-state index in [2.05, 4.69) is 32.5 Å². The van der Waals surface area contributed by atoms with Crippen molar-refractivity contribution in [2.24, 2.45) is 0 Å². The number of imidazole rings is 1. The third-order valence-electron chi connectivity index (χ3n) is 5.12. The summed E-state index contributed by atoms with van der Waals surface area (Å²) in [5.41, 5.74) is 3.07. The first-order valence-corrected chi connectivity index (χ1v) is 9.79. The minimum atomic E-state index is -0.146. The monoisotopic (exact) mass is 391 g/mol. The van der Waals surface area contributed by atoms with E-state index in [1.54, 1.807) is 13.1 Å². The van der Waals surface area contributed by atoms with Crippen LogP contribution < -0.4 is 21.1 Å². The lowest BCUT2D eigenvalue weighted by atomic mass is 10.2. The average Bonchev–Trinajstić information content (AvgIpc) is 3.14. The maximum Gasteiger partial charge on any atom is 0.293 e. The summed E-state index contributed by atoms with van der Waals surface area (Å²) >= 11 is 0. The summed E-state index contributed by atoms with van der Waals surface area (Å²) in [6.45, 7) is 6.14. The Morgan fingerprint density at radius 1 is 1.21 bits per heavy atom. The molecule has 0 bridgehead atoms. The number of hydrogen-bond donors (Lipinski definition) is 2.